The van der Waals surface area contributed by atoms with E-state index in [9.17, 15) is 4.79 Å². The highest BCUT2D eigenvalue weighted by molar-refractivity contribution is 9.10. The van der Waals surface area contributed by atoms with Gasteiger partial charge in [-0.2, -0.15) is 0 Å². The number of benzene rings is 2. The number of nitrogens with one attached hydrogen (secondary N) is 2. The Labute approximate surface area is 126 Å². The summed E-state index contributed by atoms with van der Waals surface area (Å²) in [4.78, 5) is 11.6. The number of urea groups is 1. The lowest BCUT2D eigenvalue weighted by atomic mass is 10.3. The highest BCUT2D eigenvalue weighted by Gasteiger charge is 2.00. The first-order valence-corrected chi connectivity index (χ1v) is 7.01. The molecule has 0 unspecified atom stereocenters. The highest BCUT2D eigenvalue weighted by Crippen LogP contribution is 2.13. The SMILES string of the molecule is O=C(NCCOc1ccccc1)Nc1ccc(Br)cc1. The van der Waals surface area contributed by atoms with Gasteiger partial charge in [0.2, 0.25) is 0 Å². The molecule has 104 valence electrons. The predicted octanol–water partition coefficient (Wildman–Crippen LogP) is 3.65. The lowest BCUT2D eigenvalue weighted by Crippen LogP contribution is -2.32. The van der Waals surface area contributed by atoms with E-state index in [1.54, 1.807) is 0 Å². The zero-order valence-electron chi connectivity index (χ0n) is 10.8. The van der Waals surface area contributed by atoms with Crippen molar-refractivity contribution in [1.82, 2.24) is 5.32 Å². The van der Waals surface area contributed by atoms with Crippen molar-refractivity contribution >= 4 is 27.6 Å². The van der Waals surface area contributed by atoms with E-state index in [2.05, 4.69) is 26.6 Å². The summed E-state index contributed by atoms with van der Waals surface area (Å²) in [6, 6.07) is 16.6. The lowest BCUT2D eigenvalue weighted by molar-refractivity contribution is 0.247. The Kier molecular flexibility index (Phi) is 5.43. The van der Waals surface area contributed by atoms with E-state index in [1.807, 2.05) is 54.6 Å². The normalized spacial score (nSPS) is 9.85. The minimum Gasteiger partial charge on any atom is -0.492 e. The summed E-state index contributed by atoms with van der Waals surface area (Å²) >= 11 is 3.34. The Balaban J connectivity index is 1.66. The molecule has 0 aliphatic carbocycles. The molecule has 2 aromatic rings. The molecule has 0 aliphatic heterocycles. The Morgan fingerprint density at radius 3 is 2.45 bits per heavy atom. The zero-order valence-corrected chi connectivity index (χ0v) is 12.4. The van der Waals surface area contributed by atoms with Crippen molar-refractivity contribution in [3.05, 3.63) is 59.1 Å². The first-order valence-electron chi connectivity index (χ1n) is 6.22. The molecule has 0 fully saturated rings. The summed E-state index contributed by atoms with van der Waals surface area (Å²) in [6.45, 7) is 0.870. The van der Waals surface area contributed by atoms with E-state index in [4.69, 9.17) is 4.74 Å². The van der Waals surface area contributed by atoms with Crippen LogP contribution in [0.4, 0.5) is 10.5 Å². The molecule has 4 nitrogen and oxygen atoms in total. The molecule has 20 heavy (non-hydrogen) atoms. The van der Waals surface area contributed by atoms with E-state index >= 15 is 0 Å². The van der Waals surface area contributed by atoms with Crippen molar-refractivity contribution in [2.24, 2.45) is 0 Å². The van der Waals surface area contributed by atoms with Gasteiger partial charge < -0.3 is 15.4 Å². The van der Waals surface area contributed by atoms with Crippen molar-refractivity contribution < 1.29 is 9.53 Å². The van der Waals surface area contributed by atoms with Crippen molar-refractivity contribution in [1.29, 1.82) is 0 Å². The van der Waals surface area contributed by atoms with Gasteiger partial charge in [-0.15, -0.1) is 0 Å². The van der Waals surface area contributed by atoms with Gasteiger partial charge in [-0.25, -0.2) is 4.79 Å². The minimum atomic E-state index is -0.246. The number of amides is 2. The monoisotopic (exact) mass is 334 g/mol. The second kappa shape index (κ2) is 7.55. The van der Waals surface area contributed by atoms with Gasteiger partial charge >= 0.3 is 6.03 Å². The molecule has 2 rings (SSSR count). The van der Waals surface area contributed by atoms with E-state index < -0.39 is 0 Å². The van der Waals surface area contributed by atoms with Crippen LogP contribution in [0.2, 0.25) is 0 Å². The number of hydrogen-bond acceptors (Lipinski definition) is 2. The molecule has 0 saturated heterocycles. The number of hydrogen-bond donors (Lipinski definition) is 2. The van der Waals surface area contributed by atoms with Crippen molar-refractivity contribution in [3.8, 4) is 5.75 Å². The first kappa shape index (κ1) is 14.4. The Bertz CT molecular complexity index is 544. The number of rotatable bonds is 5. The fraction of sp³-hybridized carbons (Fsp3) is 0.133. The van der Waals surface area contributed by atoms with Gasteiger partial charge in [0, 0.05) is 10.2 Å². The quantitative estimate of drug-likeness (QED) is 0.820. The number of carbonyl (C=O) groups is 1. The van der Waals surface area contributed by atoms with Gasteiger partial charge in [-0.1, -0.05) is 34.1 Å². The van der Waals surface area contributed by atoms with Crippen LogP contribution in [0.25, 0.3) is 0 Å². The number of halogens is 1. The van der Waals surface area contributed by atoms with Crippen LogP contribution in [0.15, 0.2) is 59.1 Å². The van der Waals surface area contributed by atoms with Crippen LogP contribution >= 0.6 is 15.9 Å². The molecule has 0 bridgehead atoms. The molecule has 0 saturated carbocycles. The van der Waals surface area contributed by atoms with Crippen LogP contribution in [0, 0.1) is 0 Å². The summed E-state index contributed by atoms with van der Waals surface area (Å²) in [6.07, 6.45) is 0. The summed E-state index contributed by atoms with van der Waals surface area (Å²) in [5, 5.41) is 5.47. The average molecular weight is 335 g/mol. The molecule has 0 atom stereocenters. The van der Waals surface area contributed by atoms with E-state index in [0.29, 0.717) is 13.2 Å². The van der Waals surface area contributed by atoms with Crippen LogP contribution in [0.3, 0.4) is 0 Å². The van der Waals surface area contributed by atoms with Gasteiger partial charge in [0.1, 0.15) is 12.4 Å². The van der Waals surface area contributed by atoms with E-state index in [-0.39, 0.29) is 6.03 Å². The van der Waals surface area contributed by atoms with Gasteiger partial charge in [-0.05, 0) is 36.4 Å². The molecule has 2 amide bonds. The largest absolute Gasteiger partial charge is 0.492 e. The van der Waals surface area contributed by atoms with Crippen LogP contribution in [-0.2, 0) is 0 Å². The maximum Gasteiger partial charge on any atom is 0.319 e. The van der Waals surface area contributed by atoms with Crippen molar-refractivity contribution in [3.63, 3.8) is 0 Å². The molecule has 0 heterocycles. The minimum absolute atomic E-state index is 0.246. The summed E-state index contributed by atoms with van der Waals surface area (Å²) in [7, 11) is 0. The fourth-order valence-electron chi connectivity index (χ4n) is 1.56. The second-order valence-corrected chi connectivity index (χ2v) is 4.96. The topological polar surface area (TPSA) is 50.4 Å². The van der Waals surface area contributed by atoms with Gasteiger partial charge in [-0.3, -0.25) is 0 Å². The third-order valence-electron chi connectivity index (χ3n) is 2.50. The first-order chi connectivity index (χ1) is 9.74. The van der Waals surface area contributed by atoms with Crippen LogP contribution in [0.5, 0.6) is 5.75 Å². The molecule has 0 spiro atoms. The number of para-hydroxylation sites is 1. The second-order valence-electron chi connectivity index (χ2n) is 4.05. The smallest absolute Gasteiger partial charge is 0.319 e. The zero-order chi connectivity index (χ0) is 14.2. The number of carbonyl (C=O) groups excluding carboxylic acids is 1. The molecule has 0 aliphatic rings. The fourth-order valence-corrected chi connectivity index (χ4v) is 1.82. The number of anilines is 1. The van der Waals surface area contributed by atoms with Crippen LogP contribution in [0.1, 0.15) is 0 Å². The third-order valence-corrected chi connectivity index (χ3v) is 3.03. The molecule has 2 aromatic carbocycles. The predicted molar refractivity (Wildman–Crippen MR) is 83.1 cm³/mol. The van der Waals surface area contributed by atoms with Crippen molar-refractivity contribution in [2.75, 3.05) is 18.5 Å². The molecule has 5 heteroatoms. The van der Waals surface area contributed by atoms with Gasteiger partial charge in [0.25, 0.3) is 0 Å². The van der Waals surface area contributed by atoms with Gasteiger partial charge in [0.15, 0.2) is 0 Å². The Morgan fingerprint density at radius 1 is 1.05 bits per heavy atom. The van der Waals surface area contributed by atoms with E-state index in [1.165, 1.54) is 0 Å². The van der Waals surface area contributed by atoms with Gasteiger partial charge in [0.05, 0.1) is 6.54 Å². The van der Waals surface area contributed by atoms with E-state index in [0.717, 1.165) is 15.9 Å². The maximum absolute atomic E-state index is 11.6. The van der Waals surface area contributed by atoms with Crippen LogP contribution in [-0.4, -0.2) is 19.2 Å². The van der Waals surface area contributed by atoms with Crippen molar-refractivity contribution in [2.45, 2.75) is 0 Å². The number of ether oxygens (including phenoxy) is 1. The summed E-state index contributed by atoms with van der Waals surface area (Å²) < 4.78 is 6.45. The standard InChI is InChI=1S/C15H15BrN2O2/c16-12-6-8-13(9-7-12)18-15(19)17-10-11-20-14-4-2-1-3-5-14/h1-9H,10-11H2,(H2,17,18,19). The molecular formula is C15H15BrN2O2. The lowest BCUT2D eigenvalue weighted by Gasteiger charge is -2.09. The van der Waals surface area contributed by atoms with Crippen LogP contribution < -0.4 is 15.4 Å². The molecule has 0 aromatic heterocycles. The Morgan fingerprint density at radius 2 is 1.75 bits per heavy atom. The Hall–Kier alpha value is -2.01. The summed E-state index contributed by atoms with van der Waals surface area (Å²) in [5.41, 5.74) is 0.745. The maximum atomic E-state index is 11.6. The summed E-state index contributed by atoms with van der Waals surface area (Å²) in [5.74, 6) is 0.794. The average Bonchev–Trinajstić information content (AvgIpc) is 2.47. The third kappa shape index (κ3) is 4.93. The highest BCUT2D eigenvalue weighted by atomic mass is 79.9. The molecule has 2 N–H and O–H groups in total. The molecular weight excluding hydrogens is 320 g/mol. The molecule has 0 radical (unpaired) electrons.